The highest BCUT2D eigenvalue weighted by Crippen LogP contribution is 2.15. The SMILES string of the molecule is CC1CNCC2CN(C)C(=O)CN12. The van der Waals surface area contributed by atoms with Crippen LogP contribution in [0.15, 0.2) is 0 Å². The second-order valence-electron chi connectivity index (χ2n) is 4.11. The van der Waals surface area contributed by atoms with Gasteiger partial charge >= 0.3 is 0 Å². The Bertz CT molecular complexity index is 219. The molecule has 0 aromatic carbocycles. The van der Waals surface area contributed by atoms with E-state index < -0.39 is 0 Å². The first-order valence-electron chi connectivity index (χ1n) is 4.89. The summed E-state index contributed by atoms with van der Waals surface area (Å²) in [4.78, 5) is 15.6. The molecule has 2 atom stereocenters. The molecule has 0 spiro atoms. The summed E-state index contributed by atoms with van der Waals surface area (Å²) in [5, 5.41) is 3.39. The van der Waals surface area contributed by atoms with Crippen LogP contribution in [0.5, 0.6) is 0 Å². The molecule has 0 bridgehead atoms. The minimum absolute atomic E-state index is 0.255. The Kier molecular flexibility index (Phi) is 2.26. The van der Waals surface area contributed by atoms with Crippen LogP contribution in [0.25, 0.3) is 0 Å². The van der Waals surface area contributed by atoms with Crippen LogP contribution in [0.1, 0.15) is 6.92 Å². The molecule has 2 rings (SSSR count). The van der Waals surface area contributed by atoms with E-state index in [0.717, 1.165) is 19.6 Å². The molecule has 13 heavy (non-hydrogen) atoms. The predicted molar refractivity (Wildman–Crippen MR) is 50.5 cm³/mol. The Balaban J connectivity index is 2.08. The molecule has 1 amide bonds. The molecule has 0 aliphatic carbocycles. The molecule has 2 unspecified atom stereocenters. The molecule has 4 nitrogen and oxygen atoms in total. The van der Waals surface area contributed by atoms with Gasteiger partial charge in [-0.2, -0.15) is 0 Å². The standard InChI is InChI=1S/C9H17N3O/c1-7-3-10-4-8-5-11(2)9(13)6-12(7)8/h7-8,10H,3-6H2,1-2H3. The normalized spacial score (nSPS) is 36.2. The van der Waals surface area contributed by atoms with E-state index in [1.165, 1.54) is 0 Å². The van der Waals surface area contributed by atoms with Crippen molar-refractivity contribution in [1.82, 2.24) is 15.1 Å². The zero-order valence-electron chi connectivity index (χ0n) is 8.29. The number of carbonyl (C=O) groups is 1. The van der Waals surface area contributed by atoms with E-state index in [2.05, 4.69) is 17.1 Å². The largest absolute Gasteiger partial charge is 0.343 e. The molecule has 4 heteroatoms. The van der Waals surface area contributed by atoms with Crippen molar-refractivity contribution >= 4 is 5.91 Å². The van der Waals surface area contributed by atoms with Gasteiger partial charge in [0.25, 0.3) is 0 Å². The van der Waals surface area contributed by atoms with Gasteiger partial charge < -0.3 is 10.2 Å². The summed E-state index contributed by atoms with van der Waals surface area (Å²) in [6.45, 7) is 5.67. The van der Waals surface area contributed by atoms with E-state index >= 15 is 0 Å². The Labute approximate surface area is 78.9 Å². The van der Waals surface area contributed by atoms with E-state index in [1.54, 1.807) is 0 Å². The van der Waals surface area contributed by atoms with Gasteiger partial charge in [-0.25, -0.2) is 0 Å². The molecule has 2 aliphatic rings. The first-order chi connectivity index (χ1) is 6.18. The highest BCUT2D eigenvalue weighted by molar-refractivity contribution is 5.79. The second-order valence-corrected chi connectivity index (χ2v) is 4.11. The van der Waals surface area contributed by atoms with Gasteiger partial charge in [0.1, 0.15) is 0 Å². The second kappa shape index (κ2) is 3.27. The molecular formula is C9H17N3O. The van der Waals surface area contributed by atoms with Crippen LogP contribution < -0.4 is 5.32 Å². The van der Waals surface area contributed by atoms with Crippen molar-refractivity contribution in [2.45, 2.75) is 19.0 Å². The molecular weight excluding hydrogens is 166 g/mol. The lowest BCUT2D eigenvalue weighted by Gasteiger charge is -2.46. The topological polar surface area (TPSA) is 35.6 Å². The summed E-state index contributed by atoms with van der Waals surface area (Å²) >= 11 is 0. The summed E-state index contributed by atoms with van der Waals surface area (Å²) < 4.78 is 0. The highest BCUT2D eigenvalue weighted by atomic mass is 16.2. The van der Waals surface area contributed by atoms with Gasteiger partial charge in [-0.15, -0.1) is 0 Å². The number of hydrogen-bond acceptors (Lipinski definition) is 3. The molecule has 2 fully saturated rings. The molecule has 2 aliphatic heterocycles. The van der Waals surface area contributed by atoms with Crippen LogP contribution in [0.2, 0.25) is 0 Å². The number of rotatable bonds is 0. The smallest absolute Gasteiger partial charge is 0.236 e. The summed E-state index contributed by atoms with van der Waals surface area (Å²) in [7, 11) is 1.89. The van der Waals surface area contributed by atoms with Crippen LogP contribution >= 0.6 is 0 Å². The third-order valence-corrected chi connectivity index (χ3v) is 3.08. The first kappa shape index (κ1) is 8.97. The lowest BCUT2D eigenvalue weighted by Crippen LogP contribution is -2.65. The van der Waals surface area contributed by atoms with Crippen LogP contribution in [0, 0.1) is 0 Å². The summed E-state index contributed by atoms with van der Waals surface area (Å²) in [5.74, 6) is 0.255. The van der Waals surface area contributed by atoms with Crippen molar-refractivity contribution in [1.29, 1.82) is 0 Å². The van der Waals surface area contributed by atoms with Crippen LogP contribution in [-0.4, -0.2) is 61.0 Å². The maximum absolute atomic E-state index is 11.5. The average Bonchev–Trinajstić information content (AvgIpc) is 2.09. The Morgan fingerprint density at radius 2 is 2.23 bits per heavy atom. The Morgan fingerprint density at radius 1 is 1.46 bits per heavy atom. The number of carbonyl (C=O) groups excluding carboxylic acids is 1. The monoisotopic (exact) mass is 183 g/mol. The fourth-order valence-electron chi connectivity index (χ4n) is 2.20. The molecule has 0 aromatic heterocycles. The quantitative estimate of drug-likeness (QED) is 0.530. The molecule has 1 N–H and O–H groups in total. The van der Waals surface area contributed by atoms with Crippen molar-refractivity contribution in [3.05, 3.63) is 0 Å². The zero-order chi connectivity index (χ0) is 9.42. The highest BCUT2D eigenvalue weighted by Gasteiger charge is 2.34. The third-order valence-electron chi connectivity index (χ3n) is 3.08. The number of amides is 1. The number of hydrogen-bond donors (Lipinski definition) is 1. The van der Waals surface area contributed by atoms with Crippen LogP contribution in [0.4, 0.5) is 0 Å². The lowest BCUT2D eigenvalue weighted by atomic mass is 10.1. The fourth-order valence-corrected chi connectivity index (χ4v) is 2.20. The predicted octanol–water partition coefficient (Wildman–Crippen LogP) is -0.879. The molecule has 2 heterocycles. The average molecular weight is 183 g/mol. The Morgan fingerprint density at radius 3 is 3.00 bits per heavy atom. The van der Waals surface area contributed by atoms with E-state index in [-0.39, 0.29) is 5.91 Å². The van der Waals surface area contributed by atoms with Gasteiger partial charge in [-0.3, -0.25) is 9.69 Å². The maximum atomic E-state index is 11.5. The van der Waals surface area contributed by atoms with E-state index in [9.17, 15) is 4.79 Å². The van der Waals surface area contributed by atoms with E-state index in [1.807, 2.05) is 11.9 Å². The number of likely N-dealkylation sites (N-methyl/N-ethyl adjacent to an activating group) is 1. The van der Waals surface area contributed by atoms with Gasteiger partial charge in [-0.1, -0.05) is 0 Å². The summed E-state index contributed by atoms with van der Waals surface area (Å²) in [6, 6.07) is 1.02. The van der Waals surface area contributed by atoms with Crippen LogP contribution in [0.3, 0.4) is 0 Å². The molecule has 74 valence electrons. The summed E-state index contributed by atoms with van der Waals surface area (Å²) in [5.41, 5.74) is 0. The van der Waals surface area contributed by atoms with Gasteiger partial charge in [0.05, 0.1) is 6.54 Å². The maximum Gasteiger partial charge on any atom is 0.236 e. The minimum Gasteiger partial charge on any atom is -0.343 e. The van der Waals surface area contributed by atoms with Crippen molar-refractivity contribution < 1.29 is 4.79 Å². The molecule has 2 saturated heterocycles. The van der Waals surface area contributed by atoms with E-state index in [4.69, 9.17) is 0 Å². The fraction of sp³-hybridized carbons (Fsp3) is 0.889. The van der Waals surface area contributed by atoms with Gasteiger partial charge in [0.15, 0.2) is 0 Å². The number of nitrogens with one attached hydrogen (secondary N) is 1. The van der Waals surface area contributed by atoms with Gasteiger partial charge in [0.2, 0.25) is 5.91 Å². The number of piperazine rings is 2. The van der Waals surface area contributed by atoms with Gasteiger partial charge in [-0.05, 0) is 6.92 Å². The van der Waals surface area contributed by atoms with Crippen molar-refractivity contribution in [3.63, 3.8) is 0 Å². The Hall–Kier alpha value is -0.610. The van der Waals surface area contributed by atoms with Crippen LogP contribution in [-0.2, 0) is 4.79 Å². The molecule has 0 aromatic rings. The third kappa shape index (κ3) is 1.56. The zero-order valence-corrected chi connectivity index (χ0v) is 8.29. The number of nitrogens with zero attached hydrogens (tertiary/aromatic N) is 2. The summed E-state index contributed by atoms with van der Waals surface area (Å²) in [6.07, 6.45) is 0. The van der Waals surface area contributed by atoms with Crippen molar-refractivity contribution in [2.75, 3.05) is 33.2 Å². The van der Waals surface area contributed by atoms with Crippen molar-refractivity contribution in [2.24, 2.45) is 0 Å². The molecule has 0 radical (unpaired) electrons. The first-order valence-corrected chi connectivity index (χ1v) is 4.89. The molecule has 0 saturated carbocycles. The van der Waals surface area contributed by atoms with Crippen molar-refractivity contribution in [3.8, 4) is 0 Å². The van der Waals surface area contributed by atoms with Gasteiger partial charge in [0, 0.05) is 38.8 Å². The lowest BCUT2D eigenvalue weighted by molar-refractivity contribution is -0.138. The number of fused-ring (bicyclic) bond motifs is 1. The minimum atomic E-state index is 0.255. The van der Waals surface area contributed by atoms with E-state index in [0.29, 0.717) is 18.6 Å².